The first kappa shape index (κ1) is 16.4. The molecule has 4 rings (SSSR count). The Morgan fingerprint density at radius 2 is 2.08 bits per heavy atom. The summed E-state index contributed by atoms with van der Waals surface area (Å²) in [6.07, 6.45) is 1.54. The fraction of sp³-hybridized carbons (Fsp3) is 0.263. The number of carbonyl (C=O) groups excluding carboxylic acids is 1. The lowest BCUT2D eigenvalue weighted by Gasteiger charge is -2.33. The van der Waals surface area contributed by atoms with Crippen molar-refractivity contribution in [1.82, 2.24) is 20.1 Å². The number of fused-ring (bicyclic) bond motifs is 1. The molecule has 1 saturated heterocycles. The van der Waals surface area contributed by atoms with Gasteiger partial charge in [0.2, 0.25) is 0 Å². The molecular weight excluding hydrogens is 332 g/mol. The number of benzene rings is 1. The Morgan fingerprint density at radius 1 is 1.27 bits per heavy atom. The summed E-state index contributed by atoms with van der Waals surface area (Å²) in [5.74, 6) is -0.212. The number of carbonyl (C=O) groups is 1. The average Bonchev–Trinajstić information content (AvgIpc) is 2.68. The van der Waals surface area contributed by atoms with Crippen molar-refractivity contribution in [2.24, 2.45) is 0 Å². The van der Waals surface area contributed by atoms with Crippen molar-refractivity contribution in [2.45, 2.75) is 13.0 Å². The molecule has 1 fully saturated rings. The van der Waals surface area contributed by atoms with Crippen LogP contribution in [0.2, 0.25) is 0 Å². The number of morpholine rings is 1. The van der Waals surface area contributed by atoms with Crippen molar-refractivity contribution >= 4 is 16.7 Å². The van der Waals surface area contributed by atoms with E-state index in [0.717, 1.165) is 11.3 Å². The smallest absolute Gasteiger partial charge is 0.275 e. The molecule has 26 heavy (non-hydrogen) atoms. The fourth-order valence-corrected chi connectivity index (χ4v) is 3.23. The third-order valence-corrected chi connectivity index (χ3v) is 4.54. The topological polar surface area (TPSA) is 88.2 Å². The van der Waals surface area contributed by atoms with E-state index in [1.807, 2.05) is 19.1 Å². The minimum atomic E-state index is -0.302. The number of nitrogens with one attached hydrogen (secondary N) is 1. The molecular formula is C19H18N4O3. The molecule has 0 spiro atoms. The number of aromatic amines is 1. The summed E-state index contributed by atoms with van der Waals surface area (Å²) in [6, 6.07) is 10.9. The van der Waals surface area contributed by atoms with Crippen LogP contribution in [0.5, 0.6) is 0 Å². The van der Waals surface area contributed by atoms with E-state index < -0.39 is 0 Å². The van der Waals surface area contributed by atoms with Crippen molar-refractivity contribution in [3.63, 3.8) is 0 Å². The van der Waals surface area contributed by atoms with Gasteiger partial charge in [-0.15, -0.1) is 0 Å². The summed E-state index contributed by atoms with van der Waals surface area (Å²) in [7, 11) is 0. The molecule has 1 unspecified atom stereocenters. The third kappa shape index (κ3) is 2.97. The molecule has 1 amide bonds. The maximum Gasteiger partial charge on any atom is 0.275 e. The predicted octanol–water partition coefficient (Wildman–Crippen LogP) is 1.84. The van der Waals surface area contributed by atoms with Crippen molar-refractivity contribution in [3.05, 3.63) is 69.9 Å². The Labute approximate surface area is 149 Å². The van der Waals surface area contributed by atoms with E-state index in [9.17, 15) is 9.59 Å². The number of H-pyrrole nitrogens is 1. The quantitative estimate of drug-likeness (QED) is 0.762. The van der Waals surface area contributed by atoms with Crippen molar-refractivity contribution in [3.8, 4) is 0 Å². The minimum Gasteiger partial charge on any atom is -0.370 e. The fourth-order valence-electron chi connectivity index (χ4n) is 3.23. The maximum atomic E-state index is 13.0. The van der Waals surface area contributed by atoms with E-state index in [4.69, 9.17) is 4.74 Å². The highest BCUT2D eigenvalue weighted by molar-refractivity contribution is 6.04. The molecule has 0 bridgehead atoms. The molecule has 1 N–H and O–H groups in total. The summed E-state index contributed by atoms with van der Waals surface area (Å²) in [5, 5.41) is 7.45. The molecule has 0 aliphatic carbocycles. The summed E-state index contributed by atoms with van der Waals surface area (Å²) < 4.78 is 5.84. The van der Waals surface area contributed by atoms with Gasteiger partial charge in [0.1, 0.15) is 6.10 Å². The van der Waals surface area contributed by atoms with Crippen LogP contribution >= 0.6 is 0 Å². The molecule has 1 aromatic carbocycles. The zero-order valence-electron chi connectivity index (χ0n) is 14.3. The van der Waals surface area contributed by atoms with E-state index in [2.05, 4.69) is 15.2 Å². The van der Waals surface area contributed by atoms with E-state index >= 15 is 0 Å². The number of aryl methyl sites for hydroxylation is 1. The molecule has 7 heteroatoms. The first-order valence-corrected chi connectivity index (χ1v) is 8.44. The summed E-state index contributed by atoms with van der Waals surface area (Å²) >= 11 is 0. The highest BCUT2D eigenvalue weighted by Gasteiger charge is 2.28. The van der Waals surface area contributed by atoms with Gasteiger partial charge in [-0.1, -0.05) is 18.2 Å². The highest BCUT2D eigenvalue weighted by Crippen LogP contribution is 2.24. The summed E-state index contributed by atoms with van der Waals surface area (Å²) in [6.45, 7) is 3.27. The van der Waals surface area contributed by atoms with Crippen LogP contribution in [0, 0.1) is 6.92 Å². The second-order valence-electron chi connectivity index (χ2n) is 6.29. The van der Waals surface area contributed by atoms with Crippen LogP contribution < -0.4 is 5.56 Å². The minimum absolute atomic E-state index is 0.205. The zero-order chi connectivity index (χ0) is 18.1. The van der Waals surface area contributed by atoms with Gasteiger partial charge >= 0.3 is 0 Å². The zero-order valence-corrected chi connectivity index (χ0v) is 14.3. The highest BCUT2D eigenvalue weighted by atomic mass is 16.5. The third-order valence-electron chi connectivity index (χ3n) is 4.54. The number of rotatable bonds is 2. The van der Waals surface area contributed by atoms with Gasteiger partial charge in [-0.05, 0) is 30.7 Å². The van der Waals surface area contributed by atoms with Crippen LogP contribution in [-0.4, -0.2) is 45.7 Å². The number of nitrogens with zero attached hydrogens (tertiary/aromatic N) is 3. The largest absolute Gasteiger partial charge is 0.370 e. The second-order valence-corrected chi connectivity index (χ2v) is 6.29. The number of aromatic nitrogens is 3. The van der Waals surface area contributed by atoms with E-state index in [0.29, 0.717) is 30.5 Å². The first-order valence-electron chi connectivity index (χ1n) is 8.44. The van der Waals surface area contributed by atoms with Crippen LogP contribution in [0.3, 0.4) is 0 Å². The van der Waals surface area contributed by atoms with Crippen LogP contribution in [0.15, 0.2) is 47.4 Å². The maximum absolute atomic E-state index is 13.0. The Bertz CT molecular complexity index is 1030. The Hall–Kier alpha value is -3.06. The molecule has 7 nitrogen and oxygen atoms in total. The molecule has 0 saturated carbocycles. The number of amides is 1. The van der Waals surface area contributed by atoms with Gasteiger partial charge in [-0.2, -0.15) is 5.10 Å². The molecule has 1 aliphatic heterocycles. The predicted molar refractivity (Wildman–Crippen MR) is 95.9 cm³/mol. The lowest BCUT2D eigenvalue weighted by molar-refractivity contribution is -0.0230. The molecule has 2 aromatic heterocycles. The Balaban J connectivity index is 1.65. The first-order chi connectivity index (χ1) is 12.6. The van der Waals surface area contributed by atoms with E-state index in [1.54, 1.807) is 35.4 Å². The van der Waals surface area contributed by atoms with Gasteiger partial charge in [0.15, 0.2) is 5.69 Å². The lowest BCUT2D eigenvalue weighted by atomic mass is 10.1. The number of pyridine rings is 1. The van der Waals surface area contributed by atoms with Gasteiger partial charge in [0, 0.05) is 23.8 Å². The number of hydrogen-bond donors (Lipinski definition) is 1. The van der Waals surface area contributed by atoms with Crippen LogP contribution in [0.1, 0.15) is 27.8 Å². The lowest BCUT2D eigenvalue weighted by Crippen LogP contribution is -2.43. The number of ether oxygens (including phenoxy) is 1. The van der Waals surface area contributed by atoms with Gasteiger partial charge in [-0.25, -0.2) is 5.10 Å². The SMILES string of the molecule is Cc1cc(C2CN(C(=O)c3n[nH]c(=O)c4ccccc34)CCO2)ccn1. The van der Waals surface area contributed by atoms with Crippen molar-refractivity contribution in [1.29, 1.82) is 0 Å². The molecule has 132 valence electrons. The van der Waals surface area contributed by atoms with E-state index in [1.165, 1.54) is 0 Å². The molecule has 1 aliphatic rings. The summed E-state index contributed by atoms with van der Waals surface area (Å²) in [5.41, 5.74) is 1.85. The molecule has 3 aromatic rings. The average molecular weight is 350 g/mol. The monoisotopic (exact) mass is 350 g/mol. The normalized spacial score (nSPS) is 17.4. The molecule has 1 atom stereocenters. The molecule has 0 radical (unpaired) electrons. The molecule has 3 heterocycles. The Kier molecular flexibility index (Phi) is 4.22. The Morgan fingerprint density at radius 3 is 2.88 bits per heavy atom. The van der Waals surface area contributed by atoms with Crippen LogP contribution in [0.25, 0.3) is 10.8 Å². The van der Waals surface area contributed by atoms with Crippen molar-refractivity contribution in [2.75, 3.05) is 19.7 Å². The second kappa shape index (κ2) is 6.68. The van der Waals surface area contributed by atoms with Crippen molar-refractivity contribution < 1.29 is 9.53 Å². The van der Waals surface area contributed by atoms with Crippen LogP contribution in [0.4, 0.5) is 0 Å². The van der Waals surface area contributed by atoms with Gasteiger partial charge in [0.05, 0.1) is 18.5 Å². The van der Waals surface area contributed by atoms with Gasteiger partial charge in [-0.3, -0.25) is 14.6 Å². The van der Waals surface area contributed by atoms with Gasteiger partial charge in [0.25, 0.3) is 11.5 Å². The van der Waals surface area contributed by atoms with Crippen LogP contribution in [-0.2, 0) is 4.74 Å². The summed E-state index contributed by atoms with van der Waals surface area (Å²) in [4.78, 5) is 30.9. The standard InChI is InChI=1S/C19H18N4O3/c1-12-10-13(6-7-20-12)16-11-23(8-9-26-16)19(25)17-14-4-2-3-5-15(14)18(24)22-21-17/h2-7,10,16H,8-9,11H2,1H3,(H,22,24). The van der Waals surface area contributed by atoms with E-state index in [-0.39, 0.29) is 23.3 Å². The van der Waals surface area contributed by atoms with Gasteiger partial charge < -0.3 is 9.64 Å². The number of hydrogen-bond acceptors (Lipinski definition) is 5.